The Morgan fingerprint density at radius 2 is 1.84 bits per heavy atom. The SMILES string of the molecule is CCC(CC(C)(C)C(=O)OC1(C)CCOC(=O)C1)C(=O)OC12CC3CC(CC(O)(C3)C1)C2. The lowest BCUT2D eigenvalue weighted by Gasteiger charge is -2.59. The molecule has 0 radical (unpaired) electrons. The van der Waals surface area contributed by atoms with Crippen molar-refractivity contribution >= 4 is 17.9 Å². The van der Waals surface area contributed by atoms with E-state index in [2.05, 4.69) is 0 Å². The molecule has 180 valence electrons. The average molecular weight is 451 g/mol. The van der Waals surface area contributed by atoms with Crippen molar-refractivity contribution in [1.29, 1.82) is 0 Å². The first-order valence-corrected chi connectivity index (χ1v) is 12.2. The highest BCUT2D eigenvalue weighted by Crippen LogP contribution is 2.59. The molecule has 5 fully saturated rings. The molecule has 0 aromatic rings. The van der Waals surface area contributed by atoms with Gasteiger partial charge < -0.3 is 19.3 Å². The first kappa shape index (κ1) is 23.5. The molecular weight excluding hydrogens is 412 g/mol. The Bertz CT molecular complexity index is 773. The van der Waals surface area contributed by atoms with E-state index in [0.29, 0.717) is 37.5 Å². The first-order valence-electron chi connectivity index (χ1n) is 12.2. The molecule has 4 saturated carbocycles. The van der Waals surface area contributed by atoms with Crippen molar-refractivity contribution in [2.45, 2.75) is 109 Å². The van der Waals surface area contributed by atoms with Crippen LogP contribution >= 0.6 is 0 Å². The maximum Gasteiger partial charge on any atom is 0.312 e. The van der Waals surface area contributed by atoms with Crippen LogP contribution in [-0.2, 0) is 28.6 Å². The van der Waals surface area contributed by atoms with Gasteiger partial charge in [-0.2, -0.15) is 0 Å². The van der Waals surface area contributed by atoms with E-state index >= 15 is 0 Å². The standard InChI is InChI=1S/C25H38O7/c1-5-18(13-22(2,3)21(28)32-23(4)6-7-30-19(26)14-23)20(27)31-25-11-16-8-17(12-25)10-24(29,9-16)15-25/h16-18,29H,5-15H2,1-4H3. The summed E-state index contributed by atoms with van der Waals surface area (Å²) in [4.78, 5) is 37.9. The highest BCUT2D eigenvalue weighted by Gasteiger charge is 2.59. The van der Waals surface area contributed by atoms with Gasteiger partial charge in [0.2, 0.25) is 0 Å². The molecule has 4 atom stereocenters. The lowest BCUT2D eigenvalue weighted by Crippen LogP contribution is -2.60. The summed E-state index contributed by atoms with van der Waals surface area (Å²) in [6.07, 6.45) is 6.38. The quantitative estimate of drug-likeness (QED) is 0.466. The number of cyclic esters (lactones) is 1. The van der Waals surface area contributed by atoms with Gasteiger partial charge in [0.25, 0.3) is 0 Å². The molecule has 1 heterocycles. The summed E-state index contributed by atoms with van der Waals surface area (Å²) in [5.41, 5.74) is -3.01. The summed E-state index contributed by atoms with van der Waals surface area (Å²) < 4.78 is 16.9. The molecule has 1 saturated heterocycles. The molecule has 4 aliphatic carbocycles. The second-order valence-corrected chi connectivity index (χ2v) is 12.0. The van der Waals surface area contributed by atoms with Crippen molar-refractivity contribution in [2.75, 3.05) is 6.61 Å². The topological polar surface area (TPSA) is 99.1 Å². The predicted octanol–water partition coefficient (Wildman–Crippen LogP) is 3.69. The first-order chi connectivity index (χ1) is 14.8. The predicted molar refractivity (Wildman–Crippen MR) is 115 cm³/mol. The third-order valence-electron chi connectivity index (χ3n) is 8.18. The van der Waals surface area contributed by atoms with Gasteiger partial charge in [0.05, 0.1) is 30.0 Å². The molecule has 0 aromatic heterocycles. The van der Waals surface area contributed by atoms with Gasteiger partial charge in [0.1, 0.15) is 11.2 Å². The van der Waals surface area contributed by atoms with Gasteiger partial charge in [-0.1, -0.05) is 6.92 Å². The molecule has 1 aliphatic heterocycles. The van der Waals surface area contributed by atoms with Crippen LogP contribution in [0.1, 0.15) is 91.9 Å². The van der Waals surface area contributed by atoms with Crippen molar-refractivity contribution in [3.8, 4) is 0 Å². The van der Waals surface area contributed by atoms with Crippen molar-refractivity contribution in [2.24, 2.45) is 23.2 Å². The third-order valence-corrected chi connectivity index (χ3v) is 8.18. The number of ether oxygens (including phenoxy) is 3. The monoisotopic (exact) mass is 450 g/mol. The van der Waals surface area contributed by atoms with Gasteiger partial charge in [0, 0.05) is 12.8 Å². The van der Waals surface area contributed by atoms with E-state index in [1.807, 2.05) is 6.92 Å². The minimum atomic E-state index is -0.899. The molecule has 4 unspecified atom stereocenters. The highest BCUT2D eigenvalue weighted by atomic mass is 16.6. The Labute approximate surface area is 190 Å². The van der Waals surface area contributed by atoms with Crippen molar-refractivity contribution in [3.05, 3.63) is 0 Å². The van der Waals surface area contributed by atoms with Gasteiger partial charge >= 0.3 is 17.9 Å². The van der Waals surface area contributed by atoms with Crippen LogP contribution in [0, 0.1) is 23.2 Å². The largest absolute Gasteiger partial charge is 0.465 e. The van der Waals surface area contributed by atoms with Crippen LogP contribution in [0.4, 0.5) is 0 Å². The van der Waals surface area contributed by atoms with Crippen molar-refractivity contribution < 1.29 is 33.7 Å². The maximum absolute atomic E-state index is 13.2. The number of aliphatic hydroxyl groups is 1. The summed E-state index contributed by atoms with van der Waals surface area (Å²) in [6.45, 7) is 7.49. The van der Waals surface area contributed by atoms with Crippen LogP contribution in [0.3, 0.4) is 0 Å². The van der Waals surface area contributed by atoms with E-state index in [4.69, 9.17) is 14.2 Å². The lowest BCUT2D eigenvalue weighted by molar-refractivity contribution is -0.223. The van der Waals surface area contributed by atoms with Gasteiger partial charge in [-0.25, -0.2) is 0 Å². The number of carbonyl (C=O) groups excluding carboxylic acids is 3. The van der Waals surface area contributed by atoms with Gasteiger partial charge in [-0.15, -0.1) is 0 Å². The minimum Gasteiger partial charge on any atom is -0.465 e. The second-order valence-electron chi connectivity index (χ2n) is 12.0. The van der Waals surface area contributed by atoms with Crippen LogP contribution in [0.25, 0.3) is 0 Å². The Morgan fingerprint density at radius 1 is 1.19 bits per heavy atom. The fourth-order valence-electron chi connectivity index (χ4n) is 6.92. The molecule has 0 spiro atoms. The summed E-state index contributed by atoms with van der Waals surface area (Å²) >= 11 is 0. The van der Waals surface area contributed by atoms with E-state index in [1.165, 1.54) is 0 Å². The van der Waals surface area contributed by atoms with E-state index in [1.54, 1.807) is 20.8 Å². The zero-order chi connectivity index (χ0) is 23.4. The smallest absolute Gasteiger partial charge is 0.312 e. The Kier molecular flexibility index (Phi) is 5.88. The fourth-order valence-corrected chi connectivity index (χ4v) is 6.92. The van der Waals surface area contributed by atoms with E-state index in [0.717, 1.165) is 32.1 Å². The Hall–Kier alpha value is -1.63. The number of esters is 3. The molecule has 7 nitrogen and oxygen atoms in total. The summed E-state index contributed by atoms with van der Waals surface area (Å²) in [7, 11) is 0. The van der Waals surface area contributed by atoms with Crippen LogP contribution in [0.2, 0.25) is 0 Å². The summed E-state index contributed by atoms with van der Waals surface area (Å²) in [5, 5.41) is 10.9. The van der Waals surface area contributed by atoms with E-state index in [-0.39, 0.29) is 25.0 Å². The number of carbonyl (C=O) groups is 3. The molecule has 32 heavy (non-hydrogen) atoms. The average Bonchev–Trinajstić information content (AvgIpc) is 2.63. The minimum absolute atomic E-state index is 0.0435. The fraction of sp³-hybridized carbons (Fsp3) is 0.880. The van der Waals surface area contributed by atoms with Crippen LogP contribution < -0.4 is 0 Å². The molecule has 5 aliphatic rings. The summed E-state index contributed by atoms with van der Waals surface area (Å²) in [5.74, 6) is -0.607. The summed E-state index contributed by atoms with van der Waals surface area (Å²) in [6, 6.07) is 0. The van der Waals surface area contributed by atoms with E-state index < -0.39 is 34.1 Å². The van der Waals surface area contributed by atoms with Gasteiger partial charge in [0.15, 0.2) is 0 Å². The van der Waals surface area contributed by atoms with Crippen molar-refractivity contribution in [1.82, 2.24) is 0 Å². The Morgan fingerprint density at radius 3 is 2.41 bits per heavy atom. The zero-order valence-electron chi connectivity index (χ0n) is 19.9. The number of hydrogen-bond donors (Lipinski definition) is 1. The van der Waals surface area contributed by atoms with Crippen LogP contribution in [0.5, 0.6) is 0 Å². The zero-order valence-corrected chi connectivity index (χ0v) is 19.9. The molecule has 4 bridgehead atoms. The van der Waals surface area contributed by atoms with Gasteiger partial charge in [-0.05, 0) is 77.6 Å². The third kappa shape index (κ3) is 4.68. The molecule has 7 heteroatoms. The maximum atomic E-state index is 13.2. The molecular formula is C25H38O7. The van der Waals surface area contributed by atoms with Crippen LogP contribution in [-0.4, -0.2) is 46.4 Å². The second kappa shape index (κ2) is 8.00. The van der Waals surface area contributed by atoms with Gasteiger partial charge in [-0.3, -0.25) is 14.4 Å². The number of hydrogen-bond acceptors (Lipinski definition) is 7. The molecule has 1 N–H and O–H groups in total. The molecule has 0 amide bonds. The molecule has 0 aromatic carbocycles. The normalized spacial score (nSPS) is 39.3. The number of rotatable bonds is 7. The van der Waals surface area contributed by atoms with E-state index in [9.17, 15) is 19.5 Å². The lowest BCUT2D eigenvalue weighted by atomic mass is 9.52. The van der Waals surface area contributed by atoms with Crippen molar-refractivity contribution in [3.63, 3.8) is 0 Å². The highest BCUT2D eigenvalue weighted by molar-refractivity contribution is 5.80. The molecule has 5 rings (SSSR count). The van der Waals surface area contributed by atoms with Crippen LogP contribution in [0.15, 0.2) is 0 Å². The Balaban J connectivity index is 1.39.